The summed E-state index contributed by atoms with van der Waals surface area (Å²) < 4.78 is 11.1. The third-order valence-corrected chi connectivity index (χ3v) is 3.22. The second kappa shape index (κ2) is 5.29. The third-order valence-electron chi connectivity index (χ3n) is 2.94. The zero-order valence-corrected chi connectivity index (χ0v) is 10.5. The molecule has 0 N–H and O–H groups in total. The normalized spacial score (nSPS) is 15.6. The number of ether oxygens (including phenoxy) is 2. The molecule has 0 atom stereocenters. The van der Waals surface area contributed by atoms with Crippen molar-refractivity contribution in [2.75, 3.05) is 7.11 Å². The molecule has 2 rings (SSSR count). The second-order valence-electron chi connectivity index (χ2n) is 4.13. The minimum absolute atomic E-state index is 0.217. The van der Waals surface area contributed by atoms with Crippen LogP contribution >= 0.6 is 11.6 Å². The molecule has 1 aliphatic carbocycles. The third kappa shape index (κ3) is 2.65. The van der Waals surface area contributed by atoms with Crippen LogP contribution in [0.5, 0.6) is 11.5 Å². The molecule has 1 aromatic carbocycles. The van der Waals surface area contributed by atoms with Crippen molar-refractivity contribution in [2.45, 2.75) is 31.8 Å². The summed E-state index contributed by atoms with van der Waals surface area (Å²) in [5.41, 5.74) is 0.490. The highest BCUT2D eigenvalue weighted by atomic mass is 35.5. The molecule has 0 aromatic heterocycles. The maximum absolute atomic E-state index is 8.91. The molecule has 1 saturated carbocycles. The van der Waals surface area contributed by atoms with Gasteiger partial charge in [0.25, 0.3) is 0 Å². The monoisotopic (exact) mass is 251 g/mol. The zero-order chi connectivity index (χ0) is 12.3. The molecule has 0 radical (unpaired) electrons. The standard InChI is InChI=1S/C13H14ClNO2/c1-16-13-11(14)6-9(8-15)7-12(13)17-10-4-2-3-5-10/h6-7,10H,2-5H2,1H3. The summed E-state index contributed by atoms with van der Waals surface area (Å²) in [6.07, 6.45) is 4.71. The van der Waals surface area contributed by atoms with Gasteiger partial charge in [-0.15, -0.1) is 0 Å². The molecule has 0 bridgehead atoms. The average Bonchev–Trinajstić information content (AvgIpc) is 2.81. The largest absolute Gasteiger partial charge is 0.491 e. The molecule has 17 heavy (non-hydrogen) atoms. The van der Waals surface area contributed by atoms with E-state index in [0.717, 1.165) is 12.8 Å². The number of methoxy groups -OCH3 is 1. The maximum atomic E-state index is 8.91. The lowest BCUT2D eigenvalue weighted by atomic mass is 10.2. The molecule has 0 unspecified atom stereocenters. The minimum Gasteiger partial charge on any atom is -0.491 e. The van der Waals surface area contributed by atoms with Crippen LogP contribution < -0.4 is 9.47 Å². The molecule has 0 aliphatic heterocycles. The van der Waals surface area contributed by atoms with Gasteiger partial charge in [-0.05, 0) is 31.7 Å². The second-order valence-corrected chi connectivity index (χ2v) is 4.53. The van der Waals surface area contributed by atoms with Gasteiger partial charge in [0.1, 0.15) is 0 Å². The summed E-state index contributed by atoms with van der Waals surface area (Å²) in [6.45, 7) is 0. The summed E-state index contributed by atoms with van der Waals surface area (Å²) in [7, 11) is 1.55. The Morgan fingerprint density at radius 3 is 2.65 bits per heavy atom. The SMILES string of the molecule is COc1c(Cl)cc(C#N)cc1OC1CCCC1. The summed E-state index contributed by atoms with van der Waals surface area (Å²) >= 11 is 6.04. The van der Waals surface area contributed by atoms with E-state index in [2.05, 4.69) is 6.07 Å². The van der Waals surface area contributed by atoms with E-state index in [0.29, 0.717) is 22.1 Å². The molecular formula is C13H14ClNO2. The van der Waals surface area contributed by atoms with Crippen molar-refractivity contribution in [3.63, 3.8) is 0 Å². The Balaban J connectivity index is 2.29. The van der Waals surface area contributed by atoms with Gasteiger partial charge in [0.2, 0.25) is 0 Å². The number of rotatable bonds is 3. The Bertz CT molecular complexity index is 447. The maximum Gasteiger partial charge on any atom is 0.179 e. The topological polar surface area (TPSA) is 42.2 Å². The molecule has 1 aromatic rings. The van der Waals surface area contributed by atoms with Crippen LogP contribution in [0.15, 0.2) is 12.1 Å². The Morgan fingerprint density at radius 1 is 1.35 bits per heavy atom. The first-order valence-electron chi connectivity index (χ1n) is 5.69. The van der Waals surface area contributed by atoms with Gasteiger partial charge < -0.3 is 9.47 Å². The highest BCUT2D eigenvalue weighted by molar-refractivity contribution is 6.32. The quantitative estimate of drug-likeness (QED) is 0.825. The van der Waals surface area contributed by atoms with Crippen molar-refractivity contribution in [1.82, 2.24) is 0 Å². The predicted octanol–water partition coefficient (Wildman–Crippen LogP) is 3.54. The van der Waals surface area contributed by atoms with E-state index in [-0.39, 0.29) is 6.10 Å². The van der Waals surface area contributed by atoms with Crippen molar-refractivity contribution < 1.29 is 9.47 Å². The first-order valence-corrected chi connectivity index (χ1v) is 6.06. The van der Waals surface area contributed by atoms with E-state index in [4.69, 9.17) is 26.3 Å². The number of hydrogen-bond donors (Lipinski definition) is 0. The van der Waals surface area contributed by atoms with E-state index < -0.39 is 0 Å². The fourth-order valence-electron chi connectivity index (χ4n) is 2.10. The molecule has 3 nitrogen and oxygen atoms in total. The van der Waals surface area contributed by atoms with Crippen molar-refractivity contribution in [2.24, 2.45) is 0 Å². The Kier molecular flexibility index (Phi) is 3.75. The lowest BCUT2D eigenvalue weighted by Gasteiger charge is -2.16. The number of nitriles is 1. The summed E-state index contributed by atoms with van der Waals surface area (Å²) in [5, 5.41) is 9.32. The summed E-state index contributed by atoms with van der Waals surface area (Å²) in [4.78, 5) is 0. The van der Waals surface area contributed by atoms with Crippen molar-refractivity contribution in [3.05, 3.63) is 22.7 Å². The highest BCUT2D eigenvalue weighted by Crippen LogP contribution is 2.38. The first kappa shape index (κ1) is 12.1. The van der Waals surface area contributed by atoms with E-state index in [9.17, 15) is 0 Å². The van der Waals surface area contributed by atoms with Crippen LogP contribution in [0.3, 0.4) is 0 Å². The minimum atomic E-state index is 0.217. The van der Waals surface area contributed by atoms with Crippen LogP contribution in [0.4, 0.5) is 0 Å². The molecule has 4 heteroatoms. The lowest BCUT2D eigenvalue weighted by molar-refractivity contribution is 0.201. The van der Waals surface area contributed by atoms with Crippen LogP contribution in [0.1, 0.15) is 31.2 Å². The number of halogens is 1. The molecule has 0 spiro atoms. The van der Waals surface area contributed by atoms with Crippen molar-refractivity contribution in [3.8, 4) is 17.6 Å². The molecule has 0 amide bonds. The van der Waals surface area contributed by atoms with E-state index >= 15 is 0 Å². The number of hydrogen-bond acceptors (Lipinski definition) is 3. The molecule has 90 valence electrons. The zero-order valence-electron chi connectivity index (χ0n) is 9.70. The van der Waals surface area contributed by atoms with Gasteiger partial charge in [-0.1, -0.05) is 11.6 Å². The molecule has 0 heterocycles. The van der Waals surface area contributed by atoms with Gasteiger partial charge in [0, 0.05) is 6.07 Å². The van der Waals surface area contributed by atoms with E-state index in [1.807, 2.05) is 0 Å². The van der Waals surface area contributed by atoms with Crippen LogP contribution in [-0.4, -0.2) is 13.2 Å². The summed E-state index contributed by atoms with van der Waals surface area (Å²) in [6, 6.07) is 5.33. The fourth-order valence-corrected chi connectivity index (χ4v) is 2.39. The van der Waals surface area contributed by atoms with Crippen molar-refractivity contribution in [1.29, 1.82) is 5.26 Å². The first-order chi connectivity index (χ1) is 8.24. The Hall–Kier alpha value is -1.40. The van der Waals surface area contributed by atoms with Crippen LogP contribution in [0.2, 0.25) is 5.02 Å². The van der Waals surface area contributed by atoms with Gasteiger partial charge in [-0.3, -0.25) is 0 Å². The highest BCUT2D eigenvalue weighted by Gasteiger charge is 2.20. The lowest BCUT2D eigenvalue weighted by Crippen LogP contribution is -2.11. The van der Waals surface area contributed by atoms with Gasteiger partial charge >= 0.3 is 0 Å². The molecule has 0 saturated heterocycles. The van der Waals surface area contributed by atoms with Crippen molar-refractivity contribution >= 4 is 11.6 Å². The smallest absolute Gasteiger partial charge is 0.179 e. The predicted molar refractivity (Wildman–Crippen MR) is 65.6 cm³/mol. The van der Waals surface area contributed by atoms with Gasteiger partial charge in [0.05, 0.1) is 29.9 Å². The van der Waals surface area contributed by atoms with Gasteiger partial charge in [0.15, 0.2) is 11.5 Å². The molecule has 1 fully saturated rings. The number of nitrogens with zero attached hydrogens (tertiary/aromatic N) is 1. The fraction of sp³-hybridized carbons (Fsp3) is 0.462. The van der Waals surface area contributed by atoms with Gasteiger partial charge in [-0.2, -0.15) is 5.26 Å². The Labute approximate surface area is 106 Å². The number of benzene rings is 1. The van der Waals surface area contributed by atoms with Crippen LogP contribution in [0, 0.1) is 11.3 Å². The van der Waals surface area contributed by atoms with Crippen LogP contribution in [0.25, 0.3) is 0 Å². The Morgan fingerprint density at radius 2 is 2.06 bits per heavy atom. The van der Waals surface area contributed by atoms with E-state index in [1.54, 1.807) is 19.2 Å². The van der Waals surface area contributed by atoms with E-state index in [1.165, 1.54) is 12.8 Å². The molecule has 1 aliphatic rings. The summed E-state index contributed by atoms with van der Waals surface area (Å²) in [5.74, 6) is 1.08. The van der Waals surface area contributed by atoms with Gasteiger partial charge in [-0.25, -0.2) is 0 Å². The average molecular weight is 252 g/mol. The van der Waals surface area contributed by atoms with Crippen LogP contribution in [-0.2, 0) is 0 Å². The molecular weight excluding hydrogens is 238 g/mol.